The molecule has 1 unspecified atom stereocenters. The van der Waals surface area contributed by atoms with E-state index in [-0.39, 0.29) is 6.04 Å². The molecule has 4 rings (SSSR count). The molecule has 1 aliphatic heterocycles. The van der Waals surface area contributed by atoms with Crippen LogP contribution in [0.2, 0.25) is 0 Å². The summed E-state index contributed by atoms with van der Waals surface area (Å²) in [6.07, 6.45) is 1.92. The molecule has 2 N–H and O–H groups in total. The molecule has 0 fully saturated rings. The van der Waals surface area contributed by atoms with Crippen LogP contribution < -0.4 is 10.6 Å². The number of hydrogen-bond acceptors (Lipinski definition) is 4. The van der Waals surface area contributed by atoms with E-state index in [1.54, 1.807) is 11.3 Å². The smallest absolute Gasteiger partial charge is 0.313 e. The summed E-state index contributed by atoms with van der Waals surface area (Å²) in [5, 5.41) is 9.70. The van der Waals surface area contributed by atoms with Gasteiger partial charge in [0.15, 0.2) is 0 Å². The van der Waals surface area contributed by atoms with Crippen molar-refractivity contribution in [2.75, 3.05) is 18.4 Å². The van der Waals surface area contributed by atoms with Crippen molar-refractivity contribution in [1.29, 1.82) is 0 Å². The van der Waals surface area contributed by atoms with Crippen molar-refractivity contribution in [3.05, 3.63) is 87.6 Å². The Balaban J connectivity index is 1.39. The minimum absolute atomic E-state index is 0.0280. The third-order valence-corrected chi connectivity index (χ3v) is 6.51. The highest BCUT2D eigenvalue weighted by Gasteiger charge is 2.26. The number of benzene rings is 2. The molecule has 2 amide bonds. The van der Waals surface area contributed by atoms with E-state index in [2.05, 4.69) is 63.5 Å². The molecule has 1 aromatic heterocycles. The van der Waals surface area contributed by atoms with Crippen LogP contribution in [-0.2, 0) is 29.0 Å². The van der Waals surface area contributed by atoms with E-state index in [4.69, 9.17) is 0 Å². The van der Waals surface area contributed by atoms with Gasteiger partial charge in [0.05, 0.1) is 6.04 Å². The topological polar surface area (TPSA) is 61.4 Å². The fourth-order valence-corrected chi connectivity index (χ4v) is 4.69. The first-order chi connectivity index (χ1) is 15.1. The Morgan fingerprint density at radius 1 is 1.03 bits per heavy atom. The molecule has 5 nitrogen and oxygen atoms in total. The summed E-state index contributed by atoms with van der Waals surface area (Å²) in [4.78, 5) is 27.2. The molecule has 0 saturated heterocycles. The SMILES string of the molecule is CCc1ccc(NC(=O)C(=O)NCC(c2ccsc2)N2CCc3ccccc3C2)cc1. The van der Waals surface area contributed by atoms with Gasteiger partial charge in [0.1, 0.15) is 0 Å². The summed E-state index contributed by atoms with van der Waals surface area (Å²) in [5.74, 6) is -1.26. The Hall–Kier alpha value is -2.96. The number of nitrogens with zero attached hydrogens (tertiary/aromatic N) is 1. The zero-order valence-corrected chi connectivity index (χ0v) is 18.5. The van der Waals surface area contributed by atoms with Gasteiger partial charge in [-0.3, -0.25) is 14.5 Å². The number of fused-ring (bicyclic) bond motifs is 1. The lowest BCUT2D eigenvalue weighted by Crippen LogP contribution is -2.43. The molecule has 31 heavy (non-hydrogen) atoms. The van der Waals surface area contributed by atoms with Crippen LogP contribution in [0.1, 0.15) is 35.2 Å². The predicted molar refractivity (Wildman–Crippen MR) is 125 cm³/mol. The first kappa shape index (κ1) is 21.3. The highest BCUT2D eigenvalue weighted by molar-refractivity contribution is 7.08. The summed E-state index contributed by atoms with van der Waals surface area (Å²) < 4.78 is 0. The second-order valence-electron chi connectivity index (χ2n) is 7.78. The Morgan fingerprint density at radius 3 is 2.52 bits per heavy atom. The maximum absolute atomic E-state index is 12.5. The molecular weight excluding hydrogens is 406 g/mol. The highest BCUT2D eigenvalue weighted by atomic mass is 32.1. The number of thiophene rings is 1. The van der Waals surface area contributed by atoms with Crippen molar-refractivity contribution in [3.8, 4) is 0 Å². The minimum atomic E-state index is -0.641. The molecule has 0 aliphatic carbocycles. The highest BCUT2D eigenvalue weighted by Crippen LogP contribution is 2.28. The van der Waals surface area contributed by atoms with Gasteiger partial charge in [0.25, 0.3) is 0 Å². The number of nitrogens with one attached hydrogen (secondary N) is 2. The van der Waals surface area contributed by atoms with Gasteiger partial charge in [-0.2, -0.15) is 11.3 Å². The van der Waals surface area contributed by atoms with Crippen LogP contribution in [0.15, 0.2) is 65.4 Å². The van der Waals surface area contributed by atoms with Crippen molar-refractivity contribution >= 4 is 28.8 Å². The van der Waals surface area contributed by atoms with E-state index in [0.717, 1.165) is 25.9 Å². The summed E-state index contributed by atoms with van der Waals surface area (Å²) in [6, 6.07) is 18.2. The van der Waals surface area contributed by atoms with E-state index in [1.807, 2.05) is 24.3 Å². The van der Waals surface area contributed by atoms with Crippen LogP contribution in [0.25, 0.3) is 0 Å². The van der Waals surface area contributed by atoms with E-state index in [9.17, 15) is 9.59 Å². The monoisotopic (exact) mass is 433 g/mol. The third kappa shape index (κ3) is 5.21. The fraction of sp³-hybridized carbons (Fsp3) is 0.280. The second kappa shape index (κ2) is 9.90. The maximum atomic E-state index is 12.5. The standard InChI is InChI=1S/C25H27N3O2S/c1-2-18-7-9-22(10-8-18)27-25(30)24(29)26-15-23(21-12-14-31-17-21)28-13-11-19-5-3-4-6-20(19)16-28/h3-10,12,14,17,23H,2,11,13,15-16H2,1H3,(H,26,29)(H,27,30). The fourth-order valence-electron chi connectivity index (χ4n) is 3.99. The van der Waals surface area contributed by atoms with E-state index in [1.165, 1.54) is 22.3 Å². The number of anilines is 1. The Labute approximate surface area is 187 Å². The second-order valence-corrected chi connectivity index (χ2v) is 8.56. The van der Waals surface area contributed by atoms with Crippen LogP contribution in [-0.4, -0.2) is 29.8 Å². The summed E-state index contributed by atoms with van der Waals surface area (Å²) >= 11 is 1.64. The number of carbonyl (C=O) groups excluding carboxylic acids is 2. The molecule has 0 radical (unpaired) electrons. The van der Waals surface area contributed by atoms with E-state index >= 15 is 0 Å². The molecule has 3 aromatic rings. The molecular formula is C25H27N3O2S. The van der Waals surface area contributed by atoms with Crippen molar-refractivity contribution in [1.82, 2.24) is 10.2 Å². The van der Waals surface area contributed by atoms with Crippen LogP contribution in [0.3, 0.4) is 0 Å². The lowest BCUT2D eigenvalue weighted by atomic mass is 9.97. The van der Waals surface area contributed by atoms with Gasteiger partial charge in [-0.25, -0.2) is 0 Å². The number of hydrogen-bond donors (Lipinski definition) is 2. The van der Waals surface area contributed by atoms with Gasteiger partial charge in [0, 0.05) is 25.3 Å². The first-order valence-corrected chi connectivity index (χ1v) is 11.6. The number of carbonyl (C=O) groups is 2. The average molecular weight is 434 g/mol. The zero-order valence-electron chi connectivity index (χ0n) is 17.6. The van der Waals surface area contributed by atoms with Gasteiger partial charge in [-0.1, -0.05) is 43.3 Å². The van der Waals surface area contributed by atoms with Crippen molar-refractivity contribution in [3.63, 3.8) is 0 Å². The third-order valence-electron chi connectivity index (χ3n) is 5.81. The van der Waals surface area contributed by atoms with Crippen molar-refractivity contribution in [2.45, 2.75) is 32.4 Å². The number of aryl methyl sites for hydroxylation is 1. The van der Waals surface area contributed by atoms with Gasteiger partial charge in [-0.05, 0) is 64.1 Å². The van der Waals surface area contributed by atoms with E-state index < -0.39 is 11.8 Å². The van der Waals surface area contributed by atoms with Crippen LogP contribution in [0, 0.1) is 0 Å². The Morgan fingerprint density at radius 2 is 1.81 bits per heavy atom. The average Bonchev–Trinajstić information content (AvgIpc) is 3.34. The molecule has 2 aromatic carbocycles. The molecule has 6 heteroatoms. The lowest BCUT2D eigenvalue weighted by molar-refractivity contribution is -0.136. The summed E-state index contributed by atoms with van der Waals surface area (Å²) in [6.45, 7) is 4.22. The quantitative estimate of drug-likeness (QED) is 0.574. The van der Waals surface area contributed by atoms with Crippen LogP contribution in [0.5, 0.6) is 0 Å². The zero-order chi connectivity index (χ0) is 21.6. The Bertz CT molecular complexity index is 1030. The number of rotatable bonds is 6. The van der Waals surface area contributed by atoms with Crippen LogP contribution >= 0.6 is 11.3 Å². The van der Waals surface area contributed by atoms with Crippen LogP contribution in [0.4, 0.5) is 5.69 Å². The molecule has 160 valence electrons. The van der Waals surface area contributed by atoms with Gasteiger partial charge in [-0.15, -0.1) is 0 Å². The van der Waals surface area contributed by atoms with Gasteiger partial charge < -0.3 is 10.6 Å². The molecule has 0 spiro atoms. The molecule has 0 saturated carbocycles. The number of amides is 2. The van der Waals surface area contributed by atoms with Crippen molar-refractivity contribution in [2.24, 2.45) is 0 Å². The Kier molecular flexibility index (Phi) is 6.79. The lowest BCUT2D eigenvalue weighted by Gasteiger charge is -2.35. The normalized spacial score (nSPS) is 14.5. The summed E-state index contributed by atoms with van der Waals surface area (Å²) in [5.41, 5.74) is 5.69. The molecule has 1 atom stereocenters. The van der Waals surface area contributed by atoms with Gasteiger partial charge >= 0.3 is 11.8 Å². The minimum Gasteiger partial charge on any atom is -0.346 e. The van der Waals surface area contributed by atoms with Crippen molar-refractivity contribution < 1.29 is 9.59 Å². The molecule has 0 bridgehead atoms. The van der Waals surface area contributed by atoms with Gasteiger partial charge in [0.2, 0.25) is 0 Å². The molecule has 2 heterocycles. The first-order valence-electron chi connectivity index (χ1n) is 10.6. The largest absolute Gasteiger partial charge is 0.346 e. The molecule has 1 aliphatic rings. The predicted octanol–water partition coefficient (Wildman–Crippen LogP) is 4.16. The summed E-state index contributed by atoms with van der Waals surface area (Å²) in [7, 11) is 0. The van der Waals surface area contributed by atoms with E-state index in [0.29, 0.717) is 12.2 Å². The maximum Gasteiger partial charge on any atom is 0.313 e.